The molecule has 1 aromatic carbocycles. The van der Waals surface area contributed by atoms with Gasteiger partial charge in [0.05, 0.1) is 24.5 Å². The van der Waals surface area contributed by atoms with Crippen molar-refractivity contribution in [3.05, 3.63) is 30.0 Å². The summed E-state index contributed by atoms with van der Waals surface area (Å²) in [7, 11) is 3.40. The molecule has 2 amide bonds. The lowest BCUT2D eigenvalue weighted by atomic mass is 10.0. The zero-order valence-electron chi connectivity index (χ0n) is 24.1. The number of fused-ring (bicyclic) bond motifs is 1. The van der Waals surface area contributed by atoms with E-state index in [1.165, 1.54) is 13.2 Å². The van der Waals surface area contributed by atoms with Crippen molar-refractivity contribution in [2.45, 2.75) is 76.5 Å². The number of likely N-dealkylation sites (tertiary alicyclic amines) is 1. The minimum Gasteiger partial charge on any atom is -0.489 e. The Kier molecular flexibility index (Phi) is 8.30. The van der Waals surface area contributed by atoms with Gasteiger partial charge in [-0.05, 0) is 77.9 Å². The number of nitrogens with zero attached hydrogens (tertiary/aromatic N) is 5. The average molecular weight is 572 g/mol. The summed E-state index contributed by atoms with van der Waals surface area (Å²) in [6.45, 7) is 4.93. The van der Waals surface area contributed by atoms with E-state index < -0.39 is 18.4 Å². The van der Waals surface area contributed by atoms with Crippen LogP contribution < -0.4 is 25.2 Å². The molecule has 1 saturated heterocycles. The van der Waals surface area contributed by atoms with Gasteiger partial charge in [0.2, 0.25) is 5.95 Å². The molecule has 12 heteroatoms. The maximum atomic E-state index is 14.9. The summed E-state index contributed by atoms with van der Waals surface area (Å²) in [5.41, 5.74) is 1.25. The Morgan fingerprint density at radius 1 is 1.12 bits per heavy atom. The summed E-state index contributed by atoms with van der Waals surface area (Å²) >= 11 is 0. The summed E-state index contributed by atoms with van der Waals surface area (Å²) in [5.74, 6) is -4.07. The Balaban J connectivity index is 1.42. The van der Waals surface area contributed by atoms with Gasteiger partial charge in [-0.2, -0.15) is 13.8 Å². The van der Waals surface area contributed by atoms with Gasteiger partial charge in [0.15, 0.2) is 5.82 Å². The third kappa shape index (κ3) is 6.37. The van der Waals surface area contributed by atoms with E-state index in [2.05, 4.69) is 32.5 Å². The number of hydrogen-bond acceptors (Lipinski definition) is 8. The molecule has 41 heavy (non-hydrogen) atoms. The van der Waals surface area contributed by atoms with E-state index in [9.17, 15) is 18.4 Å². The number of carbonyl (C=O) groups is 2. The van der Waals surface area contributed by atoms with Gasteiger partial charge >= 0.3 is 5.92 Å². The van der Waals surface area contributed by atoms with Crippen LogP contribution in [-0.2, 0) is 4.79 Å². The molecule has 2 aromatic rings. The summed E-state index contributed by atoms with van der Waals surface area (Å²) in [6.07, 6.45) is 6.43. The van der Waals surface area contributed by atoms with Crippen molar-refractivity contribution in [3.8, 4) is 5.75 Å². The highest BCUT2D eigenvalue weighted by Crippen LogP contribution is 2.40. The zero-order chi connectivity index (χ0) is 29.3. The Hall–Kier alpha value is -3.54. The molecule has 0 spiro atoms. The van der Waals surface area contributed by atoms with Gasteiger partial charge < -0.3 is 30.1 Å². The van der Waals surface area contributed by atoms with Crippen molar-refractivity contribution in [1.82, 2.24) is 20.2 Å². The fraction of sp³-hybridized carbons (Fsp3) is 0.586. The van der Waals surface area contributed by atoms with Crippen molar-refractivity contribution in [2.75, 3.05) is 48.8 Å². The molecule has 0 unspecified atom stereocenters. The summed E-state index contributed by atoms with van der Waals surface area (Å²) < 4.78 is 35.9. The standard InChI is InChI=1S/C29H39F2N7O3/c1-18(2)41-24-15-19(26(39)33-20-11-13-36(3)14-12-20)9-10-22(24)34-28-32-16-23-25(35-28)38(21-7-5-6-8-21)17-29(30,31)27(40)37(23)4/h9-10,15-16,18,20-21H,5-8,11-14,17H2,1-4H3,(H,33,39)(H,32,34,35). The largest absolute Gasteiger partial charge is 0.489 e. The minimum atomic E-state index is -3.55. The predicted octanol–water partition coefficient (Wildman–Crippen LogP) is 4.19. The van der Waals surface area contributed by atoms with Gasteiger partial charge in [-0.3, -0.25) is 9.59 Å². The second-order valence-electron chi connectivity index (χ2n) is 11.6. The van der Waals surface area contributed by atoms with Crippen molar-refractivity contribution >= 4 is 35.0 Å². The van der Waals surface area contributed by atoms with Crippen LogP contribution in [0.1, 0.15) is 62.7 Å². The third-order valence-corrected chi connectivity index (χ3v) is 8.04. The molecule has 5 rings (SSSR count). The van der Waals surface area contributed by atoms with Crippen LogP contribution in [-0.4, -0.2) is 84.5 Å². The number of halogens is 2. The van der Waals surface area contributed by atoms with Gasteiger partial charge in [-0.25, -0.2) is 4.98 Å². The number of ether oxygens (including phenoxy) is 1. The average Bonchev–Trinajstić information content (AvgIpc) is 3.45. The van der Waals surface area contributed by atoms with Crippen molar-refractivity contribution in [2.24, 2.45) is 0 Å². The molecule has 0 radical (unpaired) electrons. The second kappa shape index (κ2) is 11.8. The fourth-order valence-electron chi connectivity index (χ4n) is 5.76. The fourth-order valence-corrected chi connectivity index (χ4v) is 5.76. The molecule has 0 atom stereocenters. The summed E-state index contributed by atoms with van der Waals surface area (Å²) in [6, 6.07) is 5.12. The number of aromatic nitrogens is 2. The first kappa shape index (κ1) is 29.0. The van der Waals surface area contributed by atoms with Crippen LogP contribution in [0.25, 0.3) is 0 Å². The molecular weight excluding hydrogens is 532 g/mol. The molecule has 1 aliphatic carbocycles. The van der Waals surface area contributed by atoms with E-state index in [0.717, 1.165) is 56.5 Å². The molecule has 3 heterocycles. The van der Waals surface area contributed by atoms with E-state index in [1.807, 2.05) is 13.8 Å². The first-order chi connectivity index (χ1) is 19.5. The minimum absolute atomic E-state index is 0.124. The maximum Gasteiger partial charge on any atom is 0.342 e. The quantitative estimate of drug-likeness (QED) is 0.510. The lowest BCUT2D eigenvalue weighted by molar-refractivity contribution is -0.140. The molecule has 2 fully saturated rings. The number of alkyl halides is 2. The number of hydrogen-bond donors (Lipinski definition) is 2. The van der Waals surface area contributed by atoms with Gasteiger partial charge in [-0.1, -0.05) is 12.8 Å². The van der Waals surface area contributed by atoms with Crippen LogP contribution in [0.5, 0.6) is 5.75 Å². The molecule has 1 aromatic heterocycles. The van der Waals surface area contributed by atoms with E-state index in [0.29, 0.717) is 22.8 Å². The van der Waals surface area contributed by atoms with Crippen molar-refractivity contribution in [1.29, 1.82) is 0 Å². The number of carbonyl (C=O) groups excluding carboxylic acids is 2. The normalized spacial score (nSPS) is 20.2. The number of piperidine rings is 1. The highest BCUT2D eigenvalue weighted by molar-refractivity contribution is 6.02. The van der Waals surface area contributed by atoms with Crippen LogP contribution in [0.3, 0.4) is 0 Å². The Bertz CT molecular complexity index is 1280. The molecule has 10 nitrogen and oxygen atoms in total. The van der Waals surface area contributed by atoms with Gasteiger partial charge in [0.1, 0.15) is 11.4 Å². The van der Waals surface area contributed by atoms with E-state index >= 15 is 0 Å². The lowest BCUT2D eigenvalue weighted by Gasteiger charge is -2.31. The lowest BCUT2D eigenvalue weighted by Crippen LogP contribution is -2.48. The van der Waals surface area contributed by atoms with Crippen LogP contribution in [0.4, 0.5) is 31.9 Å². The summed E-state index contributed by atoms with van der Waals surface area (Å²) in [5, 5.41) is 6.28. The van der Waals surface area contributed by atoms with E-state index in [1.54, 1.807) is 23.1 Å². The van der Waals surface area contributed by atoms with Gasteiger partial charge in [0.25, 0.3) is 11.8 Å². The van der Waals surface area contributed by atoms with Crippen LogP contribution >= 0.6 is 0 Å². The van der Waals surface area contributed by atoms with Crippen LogP contribution in [0.15, 0.2) is 24.4 Å². The molecule has 1 saturated carbocycles. The van der Waals surface area contributed by atoms with Crippen LogP contribution in [0.2, 0.25) is 0 Å². The Morgan fingerprint density at radius 2 is 1.83 bits per heavy atom. The van der Waals surface area contributed by atoms with Crippen LogP contribution in [0, 0.1) is 0 Å². The van der Waals surface area contributed by atoms with Crippen molar-refractivity contribution in [3.63, 3.8) is 0 Å². The number of amides is 2. The first-order valence-corrected chi connectivity index (χ1v) is 14.4. The third-order valence-electron chi connectivity index (χ3n) is 8.04. The molecular formula is C29H39F2N7O3. The smallest absolute Gasteiger partial charge is 0.342 e. The predicted molar refractivity (Wildman–Crippen MR) is 153 cm³/mol. The number of benzene rings is 1. The summed E-state index contributed by atoms with van der Waals surface area (Å²) in [4.78, 5) is 39.4. The molecule has 3 aliphatic rings. The topological polar surface area (TPSA) is 103 Å². The SMILES string of the molecule is CC(C)Oc1cc(C(=O)NC2CCN(C)CC2)ccc1Nc1ncc2c(n1)N(C1CCCC1)CC(F)(F)C(=O)N2C. The number of rotatable bonds is 7. The molecule has 0 bridgehead atoms. The zero-order valence-corrected chi connectivity index (χ0v) is 24.1. The highest BCUT2D eigenvalue weighted by atomic mass is 19.3. The maximum absolute atomic E-state index is 14.9. The first-order valence-electron chi connectivity index (χ1n) is 14.4. The molecule has 2 N–H and O–H groups in total. The van der Waals surface area contributed by atoms with E-state index in [-0.39, 0.29) is 35.7 Å². The monoisotopic (exact) mass is 571 g/mol. The van der Waals surface area contributed by atoms with Crippen molar-refractivity contribution < 1.29 is 23.1 Å². The second-order valence-corrected chi connectivity index (χ2v) is 11.6. The molecule has 2 aliphatic heterocycles. The number of nitrogens with one attached hydrogen (secondary N) is 2. The van der Waals surface area contributed by atoms with E-state index in [4.69, 9.17) is 4.74 Å². The van der Waals surface area contributed by atoms with Gasteiger partial charge in [-0.15, -0.1) is 0 Å². The Labute approximate surface area is 239 Å². The van der Waals surface area contributed by atoms with Gasteiger partial charge in [0, 0.05) is 24.7 Å². The molecule has 222 valence electrons. The highest BCUT2D eigenvalue weighted by Gasteiger charge is 2.48. The Morgan fingerprint density at radius 3 is 2.51 bits per heavy atom. The number of anilines is 4.